The maximum Gasteiger partial charge on any atom is 0.305 e. The molecule has 3 aliphatic rings. The lowest BCUT2D eigenvalue weighted by Crippen LogP contribution is -2.62. The van der Waals surface area contributed by atoms with Gasteiger partial charge in [-0.25, -0.2) is 13.2 Å². The number of phenols is 2. The quantitative estimate of drug-likeness (QED) is 0.0365. The number of fused-ring (bicyclic) bond motifs is 3. The summed E-state index contributed by atoms with van der Waals surface area (Å²) < 4.78 is 45.2. The van der Waals surface area contributed by atoms with Crippen LogP contribution in [0.15, 0.2) is 152 Å². The second-order valence-corrected chi connectivity index (χ2v) is 36.1. The van der Waals surface area contributed by atoms with E-state index in [1.54, 1.807) is 98.0 Å². The summed E-state index contributed by atoms with van der Waals surface area (Å²) in [6.45, 7) is 2.76. The number of para-hydroxylation sites is 1. The number of aromatic amines is 1. The molecule has 0 saturated carbocycles. The first-order valence-corrected chi connectivity index (χ1v) is 46.4. The van der Waals surface area contributed by atoms with Gasteiger partial charge in [-0.1, -0.05) is 137 Å². The molecule has 38 nitrogen and oxygen atoms in total. The fraction of sp³-hybridized carbons (Fsp3) is 0.438. The van der Waals surface area contributed by atoms with Gasteiger partial charge in [0.15, 0.2) is 17.5 Å². The summed E-state index contributed by atoms with van der Waals surface area (Å²) >= 11 is 0.634. The fourth-order valence-corrected chi connectivity index (χ4v) is 17.8. The van der Waals surface area contributed by atoms with Crippen LogP contribution in [0.2, 0.25) is 0 Å². The number of primary amides is 1. The normalized spacial score (nSPS) is 24.2. The molecule has 0 spiro atoms. The molecule has 4 heterocycles. The largest absolute Gasteiger partial charge is 0.508 e. The number of benzene rings is 6. The maximum absolute atomic E-state index is 15.8. The summed E-state index contributed by atoms with van der Waals surface area (Å²) in [6.07, 6.45) is -5.89. The molecule has 7 aromatic rings. The van der Waals surface area contributed by atoms with Gasteiger partial charge in [0.05, 0.1) is 30.9 Å². The molecule has 15 atom stereocenters. The summed E-state index contributed by atoms with van der Waals surface area (Å²) in [7, 11) is 3.61. The van der Waals surface area contributed by atoms with E-state index < -0.39 is 278 Å². The van der Waals surface area contributed by atoms with Crippen LogP contribution in [-0.2, 0) is 115 Å². The van der Waals surface area contributed by atoms with E-state index in [0.717, 1.165) is 31.5 Å². The van der Waals surface area contributed by atoms with Crippen molar-refractivity contribution in [3.63, 3.8) is 0 Å². The fourth-order valence-electron chi connectivity index (χ4n) is 16.9. The van der Waals surface area contributed by atoms with Crippen LogP contribution in [0.3, 0.4) is 0 Å². The van der Waals surface area contributed by atoms with Gasteiger partial charge in [-0.3, -0.25) is 76.7 Å². The molecular formula is C96H118F3N17O21S. The van der Waals surface area contributed by atoms with E-state index in [-0.39, 0.29) is 69.4 Å². The van der Waals surface area contributed by atoms with Crippen LogP contribution in [0, 0.1) is 23.4 Å². The zero-order valence-corrected chi connectivity index (χ0v) is 77.8. The number of aromatic hydroxyl groups is 2. The Bertz CT molecular complexity index is 5510. The van der Waals surface area contributed by atoms with E-state index in [4.69, 9.17) is 11.5 Å². The number of aromatic nitrogens is 1. The molecule has 19 N–H and O–H groups in total. The Morgan fingerprint density at radius 3 is 1.52 bits per heavy atom. The second kappa shape index (κ2) is 49.7. The predicted molar refractivity (Wildman–Crippen MR) is 498 cm³/mol. The first-order valence-electron chi connectivity index (χ1n) is 45.3. The summed E-state index contributed by atoms with van der Waals surface area (Å²) in [4.78, 5) is 247. The van der Waals surface area contributed by atoms with Crippen LogP contribution in [0.25, 0.3) is 10.9 Å². The van der Waals surface area contributed by atoms with Crippen molar-refractivity contribution in [3.8, 4) is 11.5 Å². The number of amides is 15. The van der Waals surface area contributed by atoms with Gasteiger partial charge in [0, 0.05) is 108 Å². The van der Waals surface area contributed by atoms with Crippen LogP contribution >= 0.6 is 11.8 Å². The van der Waals surface area contributed by atoms with Crippen molar-refractivity contribution in [3.05, 3.63) is 203 Å². The number of carbonyl (C=O) groups excluding carboxylic acids is 15. The first-order chi connectivity index (χ1) is 65.7. The predicted octanol–water partition coefficient (Wildman–Crippen LogP) is 0.443. The number of hydrogen-bond acceptors (Lipinski definition) is 22. The molecule has 10 rings (SSSR count). The van der Waals surface area contributed by atoms with Gasteiger partial charge in [-0.15, -0.1) is 11.8 Å². The average Bonchev–Trinajstić information content (AvgIpc) is 1.81. The molecule has 0 radical (unpaired) electrons. The smallest absolute Gasteiger partial charge is 0.305 e. The van der Waals surface area contributed by atoms with Crippen molar-refractivity contribution >= 4 is 117 Å². The van der Waals surface area contributed by atoms with Crippen molar-refractivity contribution in [2.75, 3.05) is 58.8 Å². The number of halogens is 3. The van der Waals surface area contributed by atoms with Crippen molar-refractivity contribution < 1.29 is 115 Å². The number of phenolic OH excluding ortho intramolecular Hbond substituents is 2. The lowest BCUT2D eigenvalue weighted by molar-refractivity contribution is -0.152. The second-order valence-electron chi connectivity index (χ2n) is 35.0. The molecular weight excluding hydrogens is 1820 g/mol. The van der Waals surface area contributed by atoms with Crippen LogP contribution in [0.5, 0.6) is 11.5 Å². The molecule has 6 aromatic carbocycles. The number of nitrogens with two attached hydrogens (primary N) is 2. The first kappa shape index (κ1) is 106. The molecule has 3 saturated heterocycles. The minimum absolute atomic E-state index is 0.00243. The van der Waals surface area contributed by atoms with Crippen molar-refractivity contribution in [2.45, 2.75) is 201 Å². The zero-order valence-electron chi connectivity index (χ0n) is 77.0. The number of H-pyrrole nitrogens is 1. The highest BCUT2D eigenvalue weighted by atomic mass is 32.2. The number of carboxylic acids is 1. The number of rotatable bonds is 24. The minimum Gasteiger partial charge on any atom is -0.508 e. The molecule has 3 aliphatic heterocycles. The van der Waals surface area contributed by atoms with Gasteiger partial charge < -0.3 is 114 Å². The highest BCUT2D eigenvalue weighted by Gasteiger charge is 2.48. The molecule has 740 valence electrons. The van der Waals surface area contributed by atoms with Gasteiger partial charge in [-0.05, 0) is 108 Å². The van der Waals surface area contributed by atoms with E-state index in [0.29, 0.717) is 69.0 Å². The standard InChI is InChI=1S/C96H118F3N17O21S/c1-7-8-25-74-95(136)116-49-62(120)44-77(116)91(132)108-70(45-81(123)124)88(129)111-83(52(2)3)96(137)113(5)75(40-53-18-11-9-12-19-53)89(130)109-72(38-56-28-32-60(118)33-29-56)93(134)115-48-61(119)43-76(115)90(131)107-69(42-58-46-102-66-23-16-15-22-63(58)66)87(128)106-68(37-55-26-30-59(117)31-27-55)86(127)105-67(24-17-34-100)85(126)110-73(84(125)103-47-79(101)121)50-138-51-80(122)104-71(39-57-35-64(97)82(99)65(98)36-57)92(133)114(6)78(94(135)112(74)4)41-54-20-13-10-14-21-54/h9-16,18-23,26-33,35-36,46,52,61-62,67-78,83,102,117-120H,7-8,17,24-25,34,37-45,47-51,100H2,1-6H3,(H2,101,121)(H,103,125)(H,104,122)(H,105,127)(H,106,128)(H,107,131)(H,108,132)(H,109,130)(H,110,126)(H,111,129)(H,123,124)/t61-,62+,67+,68+,69+,70+,71+,72-,73+,74+,75-,76-,77-,78+,83+/m1/s1. The molecule has 0 unspecified atom stereocenters. The van der Waals surface area contributed by atoms with E-state index in [1.807, 2.05) is 0 Å². The third-order valence-corrected chi connectivity index (χ3v) is 25.5. The van der Waals surface area contributed by atoms with Crippen molar-refractivity contribution in [1.29, 1.82) is 0 Å². The number of aliphatic carboxylic acids is 1. The van der Waals surface area contributed by atoms with E-state index in [1.165, 1.54) is 76.5 Å². The molecule has 0 bridgehead atoms. The topological polar surface area (TPSA) is 567 Å². The minimum atomic E-state index is -2.06. The molecule has 138 heavy (non-hydrogen) atoms. The highest BCUT2D eigenvalue weighted by Crippen LogP contribution is 2.29. The Kier molecular flexibility index (Phi) is 38.2. The highest BCUT2D eigenvalue weighted by molar-refractivity contribution is 8.00. The number of nitrogens with zero attached hydrogens (tertiary/aromatic N) is 5. The number of nitrogens with one attached hydrogen (secondary N) is 10. The van der Waals surface area contributed by atoms with Gasteiger partial charge in [0.2, 0.25) is 88.6 Å². The number of aliphatic hydroxyl groups excluding tert-OH is 2. The lowest BCUT2D eigenvalue weighted by atomic mass is 9.98. The number of likely N-dealkylation sites (N-methyl/N-ethyl adjacent to an activating group) is 3. The molecule has 15 amide bonds. The number of unbranched alkanes of at least 4 members (excludes halogenated alkanes) is 1. The molecule has 1 aromatic heterocycles. The summed E-state index contributed by atoms with van der Waals surface area (Å²) in [5.41, 5.74) is 13.6. The number of carboxylic acid groups (broad SMARTS) is 1. The number of aliphatic hydroxyl groups is 2. The molecule has 42 heteroatoms. The summed E-state index contributed by atoms with van der Waals surface area (Å²) in [6, 6.07) is 12.9. The van der Waals surface area contributed by atoms with Crippen LogP contribution < -0.4 is 59.3 Å². The number of hydrogen-bond donors (Lipinski definition) is 17. The van der Waals surface area contributed by atoms with Gasteiger partial charge in [0.1, 0.15) is 90.0 Å². The summed E-state index contributed by atoms with van der Waals surface area (Å²) in [5.74, 6) is -25.4. The third-order valence-electron chi connectivity index (χ3n) is 24.4. The Morgan fingerprint density at radius 1 is 0.493 bits per heavy atom. The van der Waals surface area contributed by atoms with Crippen LogP contribution in [0.1, 0.15) is 106 Å². The van der Waals surface area contributed by atoms with E-state index in [9.17, 15) is 63.5 Å². The van der Waals surface area contributed by atoms with E-state index >= 15 is 51.9 Å². The number of thioether (sulfide) groups is 1. The Hall–Kier alpha value is -14.0. The van der Waals surface area contributed by atoms with Gasteiger partial charge >= 0.3 is 5.97 Å². The van der Waals surface area contributed by atoms with Crippen LogP contribution in [-0.4, -0.2) is 299 Å². The Labute approximate surface area is 797 Å². The zero-order chi connectivity index (χ0) is 100. The Balaban J connectivity index is 1.07. The van der Waals surface area contributed by atoms with Crippen molar-refractivity contribution in [1.82, 2.24) is 77.3 Å². The SMILES string of the molecule is CCCC[C@H]1C(=O)N2C[C@@H](O)C[C@@H]2C(=O)N[C@@H](CC(=O)O)C(=O)N[C@@H](C(C)C)C(=O)N(C)[C@H](Cc2ccccc2)C(=O)N[C@H](Cc2ccc(O)cc2)C(=O)N2C[C@H](O)C[C@@H]2C(=O)N[C@@H](Cc2c[nH]c3ccccc23)C(=O)N[C@@H](Cc2ccc(O)cc2)C(=O)N[C@@H](CCCN)C(=O)N[C@H](C(=O)NCC(N)=O)CSCC(=O)N[C@@H](Cc2cc(F)c(F)c(F)c2)C(=O)N(C)[C@@H](Cc2ccccc2)C(=O)N1C. The third kappa shape index (κ3) is 28.8. The summed E-state index contributed by atoms with van der Waals surface area (Å²) in [5, 5.41) is 78.2. The van der Waals surface area contributed by atoms with E-state index in [2.05, 4.69) is 52.8 Å². The monoisotopic (exact) mass is 1930 g/mol. The maximum atomic E-state index is 15.8. The average molecular weight is 1940 g/mol. The number of carbonyl (C=O) groups is 16. The van der Waals surface area contributed by atoms with Crippen LogP contribution in [0.4, 0.5) is 13.2 Å². The molecule has 0 aliphatic carbocycles. The van der Waals surface area contributed by atoms with Gasteiger partial charge in [0.25, 0.3) is 0 Å². The van der Waals surface area contributed by atoms with Crippen molar-refractivity contribution in [2.24, 2.45) is 17.4 Å². The Morgan fingerprint density at radius 2 is 0.964 bits per heavy atom. The molecule has 3 fully saturated rings. The van der Waals surface area contributed by atoms with Gasteiger partial charge in [-0.2, -0.15) is 0 Å². The lowest BCUT2D eigenvalue weighted by Gasteiger charge is -2.38.